The Morgan fingerprint density at radius 3 is 2.80 bits per heavy atom. The Morgan fingerprint density at radius 1 is 1.24 bits per heavy atom. The number of hydrogen-bond donors (Lipinski definition) is 1. The molecule has 0 aliphatic carbocycles. The van der Waals surface area contributed by atoms with Gasteiger partial charge in [-0.15, -0.1) is 0 Å². The van der Waals surface area contributed by atoms with Crippen molar-refractivity contribution in [1.82, 2.24) is 15.1 Å². The predicted octanol–water partition coefficient (Wildman–Crippen LogP) is 1.53. The van der Waals surface area contributed by atoms with Gasteiger partial charge in [0.2, 0.25) is 5.91 Å². The largest absolute Gasteiger partial charge is 0.486 e. The summed E-state index contributed by atoms with van der Waals surface area (Å²) in [5.74, 6) is 1.42. The van der Waals surface area contributed by atoms with Gasteiger partial charge in [-0.2, -0.15) is 0 Å². The average molecular weight is 345 g/mol. The van der Waals surface area contributed by atoms with Crippen LogP contribution in [0.3, 0.4) is 0 Å². The molecule has 0 aromatic heterocycles. The molecule has 0 unspecified atom stereocenters. The highest BCUT2D eigenvalue weighted by Gasteiger charge is 2.38. The van der Waals surface area contributed by atoms with Crippen LogP contribution in [0.25, 0.3) is 0 Å². The highest BCUT2D eigenvalue weighted by molar-refractivity contribution is 5.98. The van der Waals surface area contributed by atoms with E-state index in [1.807, 2.05) is 19.1 Å². The van der Waals surface area contributed by atoms with Crippen LogP contribution < -0.4 is 14.8 Å². The zero-order valence-electron chi connectivity index (χ0n) is 14.4. The van der Waals surface area contributed by atoms with Crippen molar-refractivity contribution >= 4 is 11.9 Å². The summed E-state index contributed by atoms with van der Waals surface area (Å²) in [5.41, 5.74) is 1.13. The van der Waals surface area contributed by atoms with E-state index in [1.54, 1.807) is 0 Å². The number of benzene rings is 1. The second-order valence-electron chi connectivity index (χ2n) is 6.70. The van der Waals surface area contributed by atoms with Crippen molar-refractivity contribution < 1.29 is 19.1 Å². The molecule has 134 valence electrons. The number of carbonyl (C=O) groups is 2. The van der Waals surface area contributed by atoms with Gasteiger partial charge in [0.05, 0.1) is 6.04 Å². The minimum atomic E-state index is -0.329. The standard InChI is InChI=1S/C18H23N3O4/c1-12(17(22)21-8-6-19-18(21)23)20-7-2-3-14(20)13-4-5-15-16(11-13)25-10-9-24-15/h4-5,11-12,14H,2-3,6-10H2,1H3,(H,19,23)/t12-,14+/m1/s1. The van der Waals surface area contributed by atoms with Crippen molar-refractivity contribution in [3.05, 3.63) is 23.8 Å². The molecule has 1 aromatic carbocycles. The molecule has 3 aliphatic rings. The molecule has 3 amide bonds. The molecule has 2 saturated heterocycles. The van der Waals surface area contributed by atoms with Gasteiger partial charge in [0.25, 0.3) is 0 Å². The number of imide groups is 1. The van der Waals surface area contributed by atoms with E-state index < -0.39 is 0 Å². The molecule has 25 heavy (non-hydrogen) atoms. The minimum absolute atomic E-state index is 0.126. The van der Waals surface area contributed by atoms with Crippen molar-refractivity contribution in [2.45, 2.75) is 31.8 Å². The molecular weight excluding hydrogens is 322 g/mol. The van der Waals surface area contributed by atoms with Crippen LogP contribution in [0.2, 0.25) is 0 Å². The molecule has 1 aromatic rings. The zero-order chi connectivity index (χ0) is 17.4. The number of hydrogen-bond acceptors (Lipinski definition) is 5. The van der Waals surface area contributed by atoms with E-state index in [-0.39, 0.29) is 24.0 Å². The normalized spacial score (nSPS) is 24.3. The maximum atomic E-state index is 12.7. The predicted molar refractivity (Wildman–Crippen MR) is 90.7 cm³/mol. The maximum absolute atomic E-state index is 12.7. The van der Waals surface area contributed by atoms with Crippen LogP contribution in [-0.2, 0) is 4.79 Å². The summed E-state index contributed by atoms with van der Waals surface area (Å²) in [7, 11) is 0. The lowest BCUT2D eigenvalue weighted by Crippen LogP contribution is -2.47. The minimum Gasteiger partial charge on any atom is -0.486 e. The molecule has 7 heteroatoms. The Kier molecular flexibility index (Phi) is 4.25. The molecule has 3 heterocycles. The Bertz CT molecular complexity index is 693. The fourth-order valence-electron chi connectivity index (χ4n) is 3.93. The maximum Gasteiger partial charge on any atom is 0.324 e. The summed E-state index contributed by atoms with van der Waals surface area (Å²) < 4.78 is 11.3. The van der Waals surface area contributed by atoms with Gasteiger partial charge in [0, 0.05) is 19.1 Å². The Hall–Kier alpha value is -2.28. The van der Waals surface area contributed by atoms with Crippen molar-refractivity contribution in [3.63, 3.8) is 0 Å². The molecule has 4 rings (SSSR count). The van der Waals surface area contributed by atoms with Gasteiger partial charge in [-0.1, -0.05) is 6.07 Å². The highest BCUT2D eigenvalue weighted by Crippen LogP contribution is 2.39. The molecule has 0 radical (unpaired) electrons. The fraction of sp³-hybridized carbons (Fsp3) is 0.556. The number of rotatable bonds is 3. The first kappa shape index (κ1) is 16.2. The first-order valence-corrected chi connectivity index (χ1v) is 8.89. The molecule has 1 N–H and O–H groups in total. The third-order valence-corrected chi connectivity index (χ3v) is 5.22. The lowest BCUT2D eigenvalue weighted by molar-refractivity contribution is -0.133. The fourth-order valence-corrected chi connectivity index (χ4v) is 3.93. The molecule has 0 spiro atoms. The van der Waals surface area contributed by atoms with Crippen LogP contribution in [-0.4, -0.2) is 60.6 Å². The van der Waals surface area contributed by atoms with E-state index in [1.165, 1.54) is 4.90 Å². The van der Waals surface area contributed by atoms with Crippen molar-refractivity contribution in [2.75, 3.05) is 32.8 Å². The van der Waals surface area contributed by atoms with Crippen LogP contribution in [0.4, 0.5) is 4.79 Å². The highest BCUT2D eigenvalue weighted by atomic mass is 16.6. The topological polar surface area (TPSA) is 71.1 Å². The Balaban J connectivity index is 1.54. The van der Waals surface area contributed by atoms with Crippen molar-refractivity contribution in [1.29, 1.82) is 0 Å². The summed E-state index contributed by atoms with van der Waals surface area (Å²) >= 11 is 0. The summed E-state index contributed by atoms with van der Waals surface area (Å²) in [6, 6.07) is 5.56. The lowest BCUT2D eigenvalue weighted by Gasteiger charge is -2.32. The monoisotopic (exact) mass is 345 g/mol. The molecule has 0 saturated carbocycles. The number of amides is 3. The second kappa shape index (κ2) is 6.55. The number of likely N-dealkylation sites (tertiary alicyclic amines) is 1. The zero-order valence-corrected chi connectivity index (χ0v) is 14.4. The van der Waals surface area contributed by atoms with E-state index in [9.17, 15) is 9.59 Å². The number of nitrogens with zero attached hydrogens (tertiary/aromatic N) is 2. The first-order valence-electron chi connectivity index (χ1n) is 8.89. The third kappa shape index (κ3) is 2.93. The Morgan fingerprint density at radius 2 is 2.04 bits per heavy atom. The van der Waals surface area contributed by atoms with Gasteiger partial charge in [-0.25, -0.2) is 4.79 Å². The van der Waals surface area contributed by atoms with Gasteiger partial charge in [-0.05, 0) is 44.0 Å². The van der Waals surface area contributed by atoms with E-state index in [4.69, 9.17) is 9.47 Å². The SMILES string of the molecule is C[C@H](C(=O)N1CCNC1=O)N1CCC[C@H]1c1ccc2c(c1)OCCO2. The van der Waals surface area contributed by atoms with Gasteiger partial charge < -0.3 is 14.8 Å². The average Bonchev–Trinajstić information content (AvgIpc) is 3.29. The van der Waals surface area contributed by atoms with Crippen LogP contribution in [0.15, 0.2) is 18.2 Å². The van der Waals surface area contributed by atoms with E-state index in [0.717, 1.165) is 36.4 Å². The summed E-state index contributed by atoms with van der Waals surface area (Å²) in [6.07, 6.45) is 2.02. The summed E-state index contributed by atoms with van der Waals surface area (Å²) in [5, 5.41) is 2.69. The van der Waals surface area contributed by atoms with E-state index >= 15 is 0 Å². The van der Waals surface area contributed by atoms with Gasteiger partial charge in [0.1, 0.15) is 13.2 Å². The number of ether oxygens (including phenoxy) is 2. The summed E-state index contributed by atoms with van der Waals surface area (Å²) in [6.45, 7) is 4.86. The van der Waals surface area contributed by atoms with Crippen LogP contribution in [0.1, 0.15) is 31.4 Å². The first-order chi connectivity index (χ1) is 12.1. The molecule has 0 bridgehead atoms. The van der Waals surface area contributed by atoms with Crippen molar-refractivity contribution in [2.24, 2.45) is 0 Å². The van der Waals surface area contributed by atoms with Gasteiger partial charge >= 0.3 is 6.03 Å². The third-order valence-electron chi connectivity index (χ3n) is 5.22. The van der Waals surface area contributed by atoms with Crippen LogP contribution in [0, 0.1) is 0 Å². The van der Waals surface area contributed by atoms with Crippen LogP contribution >= 0.6 is 0 Å². The van der Waals surface area contributed by atoms with Gasteiger partial charge in [0.15, 0.2) is 11.5 Å². The molecule has 2 fully saturated rings. The lowest BCUT2D eigenvalue weighted by atomic mass is 10.0. The van der Waals surface area contributed by atoms with Gasteiger partial charge in [-0.3, -0.25) is 14.6 Å². The molecule has 2 atom stereocenters. The van der Waals surface area contributed by atoms with E-state index in [0.29, 0.717) is 26.3 Å². The molecule has 7 nitrogen and oxygen atoms in total. The number of carbonyl (C=O) groups excluding carboxylic acids is 2. The van der Waals surface area contributed by atoms with Crippen LogP contribution in [0.5, 0.6) is 11.5 Å². The molecular formula is C18H23N3O4. The number of urea groups is 1. The molecule has 3 aliphatic heterocycles. The second-order valence-corrected chi connectivity index (χ2v) is 6.70. The number of nitrogens with one attached hydrogen (secondary N) is 1. The quantitative estimate of drug-likeness (QED) is 0.900. The summed E-state index contributed by atoms with van der Waals surface area (Å²) in [4.78, 5) is 28.0. The number of fused-ring (bicyclic) bond motifs is 1. The smallest absolute Gasteiger partial charge is 0.324 e. The van der Waals surface area contributed by atoms with E-state index in [2.05, 4.69) is 16.3 Å². The van der Waals surface area contributed by atoms with Crippen molar-refractivity contribution in [3.8, 4) is 11.5 Å². The Labute approximate surface area is 146 Å².